The lowest BCUT2D eigenvalue weighted by atomic mass is 10.1. The first-order valence-electron chi connectivity index (χ1n) is 7.91. The molecule has 0 aliphatic rings. The zero-order valence-corrected chi connectivity index (χ0v) is 16.7. The highest BCUT2D eigenvalue weighted by molar-refractivity contribution is 7.35. The van der Waals surface area contributed by atoms with E-state index in [0.29, 0.717) is 0 Å². The molecule has 0 saturated carbocycles. The van der Waals surface area contributed by atoms with E-state index in [9.17, 15) is 0 Å². The Morgan fingerprint density at radius 3 is 1.20 bits per heavy atom. The Labute approximate surface area is 162 Å². The van der Waals surface area contributed by atoms with Crippen molar-refractivity contribution in [1.82, 2.24) is 0 Å². The Morgan fingerprint density at radius 1 is 0.400 bits per heavy atom. The third-order valence-electron chi connectivity index (χ3n) is 5.02. The molecule has 2 aromatic carbocycles. The molecule has 5 heterocycles. The summed E-state index contributed by atoms with van der Waals surface area (Å²) in [6.45, 7) is 0. The fraction of sp³-hybridized carbons (Fsp3) is 0. The van der Waals surface area contributed by atoms with Gasteiger partial charge in [0.25, 0.3) is 0 Å². The van der Waals surface area contributed by atoms with Gasteiger partial charge in [-0.1, -0.05) is 0 Å². The average molecular weight is 409 g/mol. The summed E-state index contributed by atoms with van der Waals surface area (Å²) in [4.78, 5) is 0. The molecule has 0 aliphatic heterocycles. The summed E-state index contributed by atoms with van der Waals surface area (Å²) in [5, 5.41) is 17.6. The van der Waals surface area contributed by atoms with Gasteiger partial charge in [0.2, 0.25) is 0 Å². The lowest BCUT2D eigenvalue weighted by Gasteiger charge is -2.01. The second kappa shape index (κ2) is 4.61. The quantitative estimate of drug-likeness (QED) is 0.235. The SMILES string of the molecule is c1cc2c3ccsc3c3c(sc4c5sccc5c5ccsc5c43)c2s1. The van der Waals surface area contributed by atoms with E-state index in [0.717, 1.165) is 0 Å². The van der Waals surface area contributed by atoms with E-state index < -0.39 is 0 Å². The second-order valence-corrected chi connectivity index (χ2v) is 10.8. The first-order chi connectivity index (χ1) is 12.4. The number of hydrogen-bond acceptors (Lipinski definition) is 5. The van der Waals surface area contributed by atoms with Gasteiger partial charge in [-0.05, 0) is 45.8 Å². The molecule has 0 radical (unpaired) electrons. The fourth-order valence-corrected chi connectivity index (χ4v) is 9.54. The maximum atomic E-state index is 2.30. The molecule has 0 N–H and O–H groups in total. The largest absolute Gasteiger partial charge is 0.143 e. The van der Waals surface area contributed by atoms with Gasteiger partial charge in [-0.15, -0.1) is 56.7 Å². The molecule has 0 bridgehead atoms. The lowest BCUT2D eigenvalue weighted by Crippen LogP contribution is -1.72. The van der Waals surface area contributed by atoms with Crippen LogP contribution in [0.25, 0.3) is 60.5 Å². The maximum absolute atomic E-state index is 2.30. The molecule has 7 aromatic rings. The molecule has 7 rings (SSSR count). The summed E-state index contributed by atoms with van der Waals surface area (Å²) in [6, 6.07) is 9.18. The van der Waals surface area contributed by atoms with Crippen LogP contribution in [0.1, 0.15) is 0 Å². The summed E-state index contributed by atoms with van der Waals surface area (Å²) in [6.07, 6.45) is 0. The highest BCUT2D eigenvalue weighted by Gasteiger charge is 2.20. The normalized spacial score (nSPS) is 12.8. The third kappa shape index (κ3) is 1.53. The number of thiophene rings is 5. The summed E-state index contributed by atoms with van der Waals surface area (Å²) in [5.74, 6) is 0. The number of hydrogen-bond donors (Lipinski definition) is 0. The van der Waals surface area contributed by atoms with E-state index in [-0.39, 0.29) is 0 Å². The van der Waals surface area contributed by atoms with E-state index in [1.165, 1.54) is 60.5 Å². The average Bonchev–Trinajstić information content (AvgIpc) is 3.43. The third-order valence-corrected chi connectivity index (χ3v) is 10.2. The lowest BCUT2D eigenvalue weighted by molar-refractivity contribution is 2.12. The Hall–Kier alpha value is -1.50. The molecular weight excluding hydrogens is 401 g/mol. The smallest absolute Gasteiger partial charge is 0.0549 e. The molecule has 0 fully saturated rings. The summed E-state index contributed by atoms with van der Waals surface area (Å²) in [5.41, 5.74) is 0. The van der Waals surface area contributed by atoms with Gasteiger partial charge < -0.3 is 0 Å². The summed E-state index contributed by atoms with van der Waals surface area (Å²) < 4.78 is 8.78. The maximum Gasteiger partial charge on any atom is 0.0549 e. The number of benzene rings is 2. The van der Waals surface area contributed by atoms with Crippen LogP contribution in [0.5, 0.6) is 0 Å². The molecule has 25 heavy (non-hydrogen) atoms. The van der Waals surface area contributed by atoms with Crippen LogP contribution >= 0.6 is 56.7 Å². The fourth-order valence-electron chi connectivity index (χ4n) is 4.01. The summed E-state index contributed by atoms with van der Waals surface area (Å²) in [7, 11) is 0. The Morgan fingerprint density at radius 2 is 0.760 bits per heavy atom. The van der Waals surface area contributed by atoms with Crippen molar-refractivity contribution in [3.05, 3.63) is 45.8 Å². The van der Waals surface area contributed by atoms with E-state index >= 15 is 0 Å². The van der Waals surface area contributed by atoms with Crippen LogP contribution in [0.2, 0.25) is 0 Å². The van der Waals surface area contributed by atoms with Gasteiger partial charge in [0.1, 0.15) is 0 Å². The molecular formula is C20H8S5. The Bertz CT molecular complexity index is 1480. The van der Waals surface area contributed by atoms with Gasteiger partial charge in [-0.3, -0.25) is 0 Å². The highest BCUT2D eigenvalue weighted by Crippen LogP contribution is 2.52. The molecule has 118 valence electrons. The Balaban J connectivity index is 1.98. The highest BCUT2D eigenvalue weighted by atomic mass is 32.1. The van der Waals surface area contributed by atoms with E-state index in [2.05, 4.69) is 45.8 Å². The predicted molar refractivity (Wildman–Crippen MR) is 121 cm³/mol. The first-order valence-corrected chi connectivity index (χ1v) is 12.2. The van der Waals surface area contributed by atoms with E-state index in [1.54, 1.807) is 0 Å². The minimum atomic E-state index is 1.42. The van der Waals surface area contributed by atoms with Crippen molar-refractivity contribution in [1.29, 1.82) is 0 Å². The molecule has 0 saturated heterocycles. The topological polar surface area (TPSA) is 0 Å². The van der Waals surface area contributed by atoms with Crippen LogP contribution in [0.15, 0.2) is 45.8 Å². The van der Waals surface area contributed by atoms with Crippen molar-refractivity contribution in [2.24, 2.45) is 0 Å². The number of rotatable bonds is 0. The minimum Gasteiger partial charge on any atom is -0.143 e. The van der Waals surface area contributed by atoms with Crippen LogP contribution < -0.4 is 0 Å². The molecule has 0 nitrogen and oxygen atoms in total. The van der Waals surface area contributed by atoms with Crippen LogP contribution in [-0.4, -0.2) is 0 Å². The van der Waals surface area contributed by atoms with Gasteiger partial charge in [0.15, 0.2) is 0 Å². The Kier molecular flexibility index (Phi) is 2.52. The monoisotopic (exact) mass is 408 g/mol. The van der Waals surface area contributed by atoms with Crippen molar-refractivity contribution in [2.45, 2.75) is 0 Å². The van der Waals surface area contributed by atoms with Gasteiger partial charge >= 0.3 is 0 Å². The zero-order valence-electron chi connectivity index (χ0n) is 12.7. The van der Waals surface area contributed by atoms with Crippen molar-refractivity contribution in [2.75, 3.05) is 0 Å². The van der Waals surface area contributed by atoms with Gasteiger partial charge in [0.05, 0.1) is 18.8 Å². The van der Waals surface area contributed by atoms with Crippen molar-refractivity contribution < 1.29 is 0 Å². The minimum absolute atomic E-state index is 1.42. The molecule has 5 aromatic heterocycles. The van der Waals surface area contributed by atoms with Gasteiger partial charge in [0, 0.05) is 41.7 Å². The number of fused-ring (bicyclic) bond motifs is 13. The zero-order chi connectivity index (χ0) is 16.1. The van der Waals surface area contributed by atoms with Gasteiger partial charge in [-0.25, -0.2) is 0 Å². The van der Waals surface area contributed by atoms with Gasteiger partial charge in [-0.2, -0.15) is 0 Å². The predicted octanol–water partition coefficient (Wildman–Crippen LogP) is 8.91. The van der Waals surface area contributed by atoms with E-state index in [1.807, 2.05) is 56.7 Å². The molecule has 5 heteroatoms. The molecule has 0 atom stereocenters. The van der Waals surface area contributed by atoms with Crippen LogP contribution in [0.3, 0.4) is 0 Å². The second-order valence-electron chi connectivity index (χ2n) is 6.16. The van der Waals surface area contributed by atoms with Crippen molar-refractivity contribution >= 4 is 117 Å². The summed E-state index contributed by atoms with van der Waals surface area (Å²) >= 11 is 9.56. The molecule has 0 unspecified atom stereocenters. The molecule has 0 aliphatic carbocycles. The van der Waals surface area contributed by atoms with Crippen LogP contribution in [0.4, 0.5) is 0 Å². The van der Waals surface area contributed by atoms with E-state index in [4.69, 9.17) is 0 Å². The van der Waals surface area contributed by atoms with Crippen molar-refractivity contribution in [3.8, 4) is 0 Å². The standard InChI is InChI=1S/C20H8S5/c1-5-21-15-9(1)11-3-7-23-17(11)19-13(15)14-16-10(2-6-22-16)12-4-8-24-18(12)20(14)25-19/h1-8H. The first kappa shape index (κ1) is 13.7. The molecule has 0 amide bonds. The van der Waals surface area contributed by atoms with Crippen LogP contribution in [-0.2, 0) is 0 Å². The van der Waals surface area contributed by atoms with Crippen molar-refractivity contribution in [3.63, 3.8) is 0 Å². The molecule has 0 spiro atoms. The van der Waals surface area contributed by atoms with Crippen LogP contribution in [0, 0.1) is 0 Å².